The van der Waals surface area contributed by atoms with Gasteiger partial charge in [0.2, 0.25) is 0 Å². The van der Waals surface area contributed by atoms with Gasteiger partial charge in [-0.25, -0.2) is 14.2 Å². The van der Waals surface area contributed by atoms with Crippen molar-refractivity contribution in [3.8, 4) is 0 Å². The monoisotopic (exact) mass is 308 g/mol. The largest absolute Gasteiger partial charge is 0.385 e. The first-order chi connectivity index (χ1) is 9.82. The third kappa shape index (κ3) is 2.34. The zero-order valence-corrected chi connectivity index (χ0v) is 12.4. The zero-order chi connectivity index (χ0) is 15.3. The van der Waals surface area contributed by atoms with Gasteiger partial charge in [-0.2, -0.15) is 0 Å². The Labute approximate surface area is 121 Å². The van der Waals surface area contributed by atoms with Crippen molar-refractivity contribution in [3.63, 3.8) is 0 Å². The van der Waals surface area contributed by atoms with E-state index >= 15 is 0 Å². The van der Waals surface area contributed by atoms with E-state index in [4.69, 9.17) is 4.78 Å². The molecule has 1 aliphatic rings. The molecule has 0 unspecified atom stereocenters. The summed E-state index contributed by atoms with van der Waals surface area (Å²) in [5.41, 5.74) is -0.882. The van der Waals surface area contributed by atoms with E-state index in [-0.39, 0.29) is 35.5 Å². The maximum absolute atomic E-state index is 12.5. The molecule has 2 aromatic rings. The third-order valence-corrected chi connectivity index (χ3v) is 5.79. The minimum Gasteiger partial charge on any atom is -0.385 e. The van der Waals surface area contributed by atoms with Crippen molar-refractivity contribution in [2.75, 3.05) is 11.5 Å². The van der Waals surface area contributed by atoms with E-state index in [1.165, 1.54) is 10.9 Å². The maximum Gasteiger partial charge on any atom is 0.258 e. The van der Waals surface area contributed by atoms with Crippen LogP contribution < -0.4 is 5.56 Å². The van der Waals surface area contributed by atoms with Crippen LogP contribution >= 0.6 is 0 Å². The summed E-state index contributed by atoms with van der Waals surface area (Å²) in [4.78, 5) is 20.5. The van der Waals surface area contributed by atoms with Crippen LogP contribution in [0.15, 0.2) is 23.4 Å². The van der Waals surface area contributed by atoms with E-state index in [9.17, 15) is 14.1 Å². The Morgan fingerprint density at radius 1 is 1.43 bits per heavy atom. The molecule has 0 bridgehead atoms. The van der Waals surface area contributed by atoms with Gasteiger partial charge in [0.05, 0.1) is 5.60 Å². The lowest BCUT2D eigenvalue weighted by molar-refractivity contribution is 0.0253. The number of pyridine rings is 1. The Hall–Kier alpha value is -1.80. The lowest BCUT2D eigenvalue weighted by Gasteiger charge is -2.33. The summed E-state index contributed by atoms with van der Waals surface area (Å²) >= 11 is 0. The van der Waals surface area contributed by atoms with Gasteiger partial charge < -0.3 is 5.11 Å². The molecule has 3 heterocycles. The van der Waals surface area contributed by atoms with Crippen LogP contribution in [0.1, 0.15) is 18.4 Å². The van der Waals surface area contributed by atoms with E-state index in [2.05, 4.69) is 9.97 Å². The first-order valence-corrected chi connectivity index (χ1v) is 8.49. The first kappa shape index (κ1) is 14.2. The van der Waals surface area contributed by atoms with Crippen LogP contribution in [0.25, 0.3) is 11.0 Å². The number of aryl methyl sites for hydroxylation is 1. The molecule has 112 valence electrons. The molecular weight excluding hydrogens is 292 g/mol. The fourth-order valence-electron chi connectivity index (χ4n) is 2.71. The highest BCUT2D eigenvalue weighted by Crippen LogP contribution is 2.33. The highest BCUT2D eigenvalue weighted by molar-refractivity contribution is 7.92. The number of nitrogens with zero attached hydrogens (tertiary/aromatic N) is 3. The number of hydrogen-bond donors (Lipinski definition) is 2. The van der Waals surface area contributed by atoms with Crippen molar-refractivity contribution in [1.82, 2.24) is 14.5 Å². The number of hydrogen-bond acceptors (Lipinski definition) is 6. The molecule has 1 saturated heterocycles. The van der Waals surface area contributed by atoms with E-state index in [0.717, 1.165) is 0 Å². The van der Waals surface area contributed by atoms with Crippen molar-refractivity contribution in [3.05, 3.63) is 34.5 Å². The first-order valence-electron chi connectivity index (χ1n) is 6.59. The standard InChI is InChI=1S/C13H16N4O3S/c1-17-11-9(7-15-8-16-11)6-10(12(17)18)13(19)2-4-21(14,20)5-3-13/h6-8,14,19H,2-5H2,1H3. The predicted octanol–water partition coefficient (Wildman–Crippen LogP) is 0.357. The summed E-state index contributed by atoms with van der Waals surface area (Å²) in [5.74, 6) is 0.214. The Balaban J connectivity index is 2.17. The molecule has 0 aliphatic carbocycles. The van der Waals surface area contributed by atoms with Crippen LogP contribution in [0.3, 0.4) is 0 Å². The molecule has 0 atom stereocenters. The average Bonchev–Trinajstić information content (AvgIpc) is 2.46. The van der Waals surface area contributed by atoms with Gasteiger partial charge in [-0.05, 0) is 18.9 Å². The normalized spacial score (nSPS) is 29.6. The van der Waals surface area contributed by atoms with Crippen molar-refractivity contribution in [1.29, 1.82) is 4.78 Å². The van der Waals surface area contributed by atoms with Crippen LogP contribution in [-0.4, -0.2) is 35.4 Å². The summed E-state index contributed by atoms with van der Waals surface area (Å²) < 4.78 is 20.7. The summed E-state index contributed by atoms with van der Waals surface area (Å²) in [5, 5.41) is 11.4. The summed E-state index contributed by atoms with van der Waals surface area (Å²) in [7, 11) is -1.02. The molecule has 0 amide bonds. The second kappa shape index (κ2) is 4.60. The second-order valence-electron chi connectivity index (χ2n) is 5.48. The van der Waals surface area contributed by atoms with E-state index in [1.54, 1.807) is 19.3 Å². The van der Waals surface area contributed by atoms with Crippen LogP contribution in [0, 0.1) is 4.78 Å². The Morgan fingerprint density at radius 3 is 2.76 bits per heavy atom. The fraction of sp³-hybridized carbons (Fsp3) is 0.462. The van der Waals surface area contributed by atoms with Crippen molar-refractivity contribution >= 4 is 20.8 Å². The van der Waals surface area contributed by atoms with Gasteiger partial charge in [-0.15, -0.1) is 0 Å². The minimum atomic E-state index is -2.62. The molecule has 2 aromatic heterocycles. The molecule has 3 rings (SSSR count). The quantitative estimate of drug-likeness (QED) is 0.790. The molecule has 1 aliphatic heterocycles. The van der Waals surface area contributed by atoms with E-state index in [0.29, 0.717) is 11.0 Å². The molecule has 1 fully saturated rings. The molecular formula is C13H16N4O3S. The molecule has 8 heteroatoms. The predicted molar refractivity (Wildman–Crippen MR) is 78.5 cm³/mol. The van der Waals surface area contributed by atoms with Gasteiger partial charge in [-0.1, -0.05) is 0 Å². The van der Waals surface area contributed by atoms with Crippen molar-refractivity contribution < 1.29 is 9.32 Å². The number of rotatable bonds is 1. The lowest BCUT2D eigenvalue weighted by atomic mass is 9.88. The van der Waals surface area contributed by atoms with Crippen LogP contribution in [0.2, 0.25) is 0 Å². The zero-order valence-electron chi connectivity index (χ0n) is 11.6. The molecule has 21 heavy (non-hydrogen) atoms. The second-order valence-corrected chi connectivity index (χ2v) is 7.92. The molecule has 2 N–H and O–H groups in total. The Kier molecular flexibility index (Phi) is 3.10. The Morgan fingerprint density at radius 2 is 2.10 bits per heavy atom. The van der Waals surface area contributed by atoms with Gasteiger partial charge in [0.15, 0.2) is 0 Å². The lowest BCUT2D eigenvalue weighted by Crippen LogP contribution is -2.41. The molecule has 0 radical (unpaired) electrons. The van der Waals surface area contributed by atoms with Crippen LogP contribution in [0.5, 0.6) is 0 Å². The number of aliphatic hydroxyl groups is 1. The maximum atomic E-state index is 12.5. The summed E-state index contributed by atoms with van der Waals surface area (Å²) in [6, 6.07) is 1.61. The van der Waals surface area contributed by atoms with E-state index < -0.39 is 15.3 Å². The van der Waals surface area contributed by atoms with Gasteiger partial charge in [0, 0.05) is 45.4 Å². The van der Waals surface area contributed by atoms with Crippen LogP contribution in [-0.2, 0) is 22.4 Å². The van der Waals surface area contributed by atoms with Gasteiger partial charge in [-0.3, -0.25) is 14.1 Å². The van der Waals surface area contributed by atoms with Crippen molar-refractivity contribution in [2.24, 2.45) is 7.05 Å². The topological polar surface area (TPSA) is 109 Å². The van der Waals surface area contributed by atoms with E-state index in [1.807, 2.05) is 0 Å². The third-order valence-electron chi connectivity index (χ3n) is 4.06. The summed E-state index contributed by atoms with van der Waals surface area (Å²) in [6.07, 6.45) is 3.27. The molecule has 0 aromatic carbocycles. The van der Waals surface area contributed by atoms with Gasteiger partial charge in [0.1, 0.15) is 12.0 Å². The highest BCUT2D eigenvalue weighted by atomic mass is 32.2. The molecule has 7 nitrogen and oxygen atoms in total. The molecule has 0 saturated carbocycles. The van der Waals surface area contributed by atoms with Gasteiger partial charge >= 0.3 is 0 Å². The minimum absolute atomic E-state index is 0.107. The van der Waals surface area contributed by atoms with Crippen LogP contribution in [0.4, 0.5) is 0 Å². The summed E-state index contributed by atoms with van der Waals surface area (Å²) in [6.45, 7) is 0. The van der Waals surface area contributed by atoms with Gasteiger partial charge in [0.25, 0.3) is 5.56 Å². The van der Waals surface area contributed by atoms with Crippen molar-refractivity contribution in [2.45, 2.75) is 18.4 Å². The average molecular weight is 308 g/mol. The Bertz CT molecular complexity index is 859. The number of nitrogens with one attached hydrogen (secondary N) is 1. The smallest absolute Gasteiger partial charge is 0.258 e. The number of fused-ring (bicyclic) bond motifs is 1. The highest BCUT2D eigenvalue weighted by Gasteiger charge is 2.38. The fourth-order valence-corrected chi connectivity index (χ4v) is 4.25. The SMILES string of the molecule is Cn1c(=O)c(C2(O)CCS(=N)(=O)CC2)cc2cncnc21. The number of aromatic nitrogens is 3. The molecule has 0 spiro atoms.